The average molecular weight is 287 g/mol. The molecule has 1 aromatic heterocycles. The third kappa shape index (κ3) is 2.44. The summed E-state index contributed by atoms with van der Waals surface area (Å²) in [4.78, 5) is 28.3. The van der Waals surface area contributed by atoms with E-state index in [0.717, 1.165) is 0 Å². The first-order valence-electron chi connectivity index (χ1n) is 5.33. The largest absolute Gasteiger partial charge is 0.478 e. The number of carboxylic acids is 1. The average Bonchev–Trinajstić information content (AvgIpc) is 2.70. The quantitative estimate of drug-likeness (QED) is 0.656. The number of aromatic carboxylic acids is 1. The Morgan fingerprint density at radius 1 is 1.67 bits per heavy atom. The van der Waals surface area contributed by atoms with Crippen LogP contribution in [0.25, 0.3) is 0 Å². The Morgan fingerprint density at radius 2 is 2.39 bits per heavy atom. The van der Waals surface area contributed by atoms with Gasteiger partial charge in [-0.3, -0.25) is 4.79 Å². The highest BCUT2D eigenvalue weighted by molar-refractivity contribution is 7.80. The number of nitrogens with zero attached hydrogens (tertiary/aromatic N) is 2. The third-order valence-corrected chi connectivity index (χ3v) is 3.56. The summed E-state index contributed by atoms with van der Waals surface area (Å²) in [7, 11) is 0. The maximum Gasteiger partial charge on any atom is 0.337 e. The number of carbonyl (C=O) groups excluding carboxylic acids is 1. The highest BCUT2D eigenvalue weighted by Gasteiger charge is 2.32. The van der Waals surface area contributed by atoms with Crippen LogP contribution in [0.4, 0.5) is 5.69 Å². The standard InChI is InChI=1S/C11H11ClN2O3S/c12-9-2-7(11(16)17)8(3-13-9)14-4-6(5-18)1-10(14)15/h2-3,6,18H,1,4-5H2,(H,16,17). The van der Waals surface area contributed by atoms with E-state index < -0.39 is 5.97 Å². The van der Waals surface area contributed by atoms with E-state index in [0.29, 0.717) is 24.4 Å². The molecular weight excluding hydrogens is 276 g/mol. The lowest BCUT2D eigenvalue weighted by Gasteiger charge is -2.18. The molecule has 0 saturated carbocycles. The molecule has 96 valence electrons. The lowest BCUT2D eigenvalue weighted by molar-refractivity contribution is -0.117. The van der Waals surface area contributed by atoms with Crippen molar-refractivity contribution in [3.63, 3.8) is 0 Å². The van der Waals surface area contributed by atoms with E-state index in [1.165, 1.54) is 17.2 Å². The molecule has 1 aliphatic rings. The second kappa shape index (κ2) is 5.16. The zero-order valence-electron chi connectivity index (χ0n) is 9.34. The molecule has 18 heavy (non-hydrogen) atoms. The Hall–Kier alpha value is -1.27. The Balaban J connectivity index is 2.39. The fraction of sp³-hybridized carbons (Fsp3) is 0.364. The van der Waals surface area contributed by atoms with Crippen LogP contribution in [0.3, 0.4) is 0 Å². The van der Waals surface area contributed by atoms with Gasteiger partial charge in [0.25, 0.3) is 0 Å². The number of pyridine rings is 1. The van der Waals surface area contributed by atoms with Gasteiger partial charge in [0.1, 0.15) is 5.15 Å². The number of anilines is 1. The molecule has 1 amide bonds. The minimum absolute atomic E-state index is 0.0110. The van der Waals surface area contributed by atoms with Crippen LogP contribution in [0, 0.1) is 5.92 Å². The number of aromatic nitrogens is 1. The zero-order chi connectivity index (χ0) is 13.3. The van der Waals surface area contributed by atoms with Gasteiger partial charge in [0.05, 0.1) is 17.4 Å². The number of thiol groups is 1. The van der Waals surface area contributed by atoms with Gasteiger partial charge in [-0.15, -0.1) is 0 Å². The van der Waals surface area contributed by atoms with E-state index in [-0.39, 0.29) is 22.5 Å². The molecule has 1 saturated heterocycles. The lowest BCUT2D eigenvalue weighted by Crippen LogP contribution is -2.27. The van der Waals surface area contributed by atoms with Crippen molar-refractivity contribution in [3.05, 3.63) is 23.0 Å². The van der Waals surface area contributed by atoms with Gasteiger partial charge in [-0.1, -0.05) is 11.6 Å². The van der Waals surface area contributed by atoms with Gasteiger partial charge in [0.2, 0.25) is 5.91 Å². The van der Waals surface area contributed by atoms with E-state index in [1.54, 1.807) is 0 Å². The smallest absolute Gasteiger partial charge is 0.337 e. The van der Waals surface area contributed by atoms with Crippen LogP contribution >= 0.6 is 24.2 Å². The number of carboxylic acid groups (broad SMARTS) is 1. The van der Waals surface area contributed by atoms with Crippen LogP contribution in [0.15, 0.2) is 12.3 Å². The number of hydrogen-bond acceptors (Lipinski definition) is 4. The van der Waals surface area contributed by atoms with E-state index >= 15 is 0 Å². The number of carbonyl (C=O) groups is 2. The number of halogens is 1. The van der Waals surface area contributed by atoms with Crippen molar-refractivity contribution in [1.29, 1.82) is 0 Å². The maximum atomic E-state index is 11.8. The van der Waals surface area contributed by atoms with Crippen LogP contribution < -0.4 is 4.90 Å². The van der Waals surface area contributed by atoms with Crippen LogP contribution in [0.1, 0.15) is 16.8 Å². The molecule has 1 fully saturated rings. The number of rotatable bonds is 3. The van der Waals surface area contributed by atoms with Crippen LogP contribution in [0.2, 0.25) is 5.15 Å². The molecule has 1 atom stereocenters. The fourth-order valence-corrected chi connectivity index (χ4v) is 2.35. The Labute approximate surface area is 114 Å². The zero-order valence-corrected chi connectivity index (χ0v) is 11.0. The van der Waals surface area contributed by atoms with Gasteiger partial charge >= 0.3 is 5.97 Å². The van der Waals surface area contributed by atoms with Crippen molar-refractivity contribution in [3.8, 4) is 0 Å². The highest BCUT2D eigenvalue weighted by atomic mass is 35.5. The maximum absolute atomic E-state index is 11.8. The van der Waals surface area contributed by atoms with Crippen molar-refractivity contribution in [2.24, 2.45) is 5.92 Å². The molecule has 5 nitrogen and oxygen atoms in total. The number of hydrogen-bond donors (Lipinski definition) is 2. The number of amides is 1. The van der Waals surface area contributed by atoms with Crippen molar-refractivity contribution in [1.82, 2.24) is 4.98 Å². The summed E-state index contributed by atoms with van der Waals surface area (Å²) < 4.78 is 0. The summed E-state index contributed by atoms with van der Waals surface area (Å²) in [6, 6.07) is 1.25. The van der Waals surface area contributed by atoms with Crippen molar-refractivity contribution in [2.75, 3.05) is 17.2 Å². The lowest BCUT2D eigenvalue weighted by atomic mass is 10.1. The second-order valence-electron chi connectivity index (χ2n) is 4.09. The summed E-state index contributed by atoms with van der Waals surface area (Å²) in [5, 5.41) is 9.21. The molecule has 1 aliphatic heterocycles. The highest BCUT2D eigenvalue weighted by Crippen LogP contribution is 2.29. The molecular formula is C11H11ClN2O3S. The molecule has 0 radical (unpaired) electrons. The molecule has 1 aromatic rings. The molecule has 2 rings (SSSR count). The molecule has 1 unspecified atom stereocenters. The van der Waals surface area contributed by atoms with Crippen LogP contribution in [0.5, 0.6) is 0 Å². The normalized spacial score (nSPS) is 19.3. The fourth-order valence-electron chi connectivity index (χ4n) is 1.95. The first kappa shape index (κ1) is 13.2. The van der Waals surface area contributed by atoms with Crippen molar-refractivity contribution < 1.29 is 14.7 Å². The Morgan fingerprint density at radius 3 is 2.94 bits per heavy atom. The molecule has 0 spiro atoms. The summed E-state index contributed by atoms with van der Waals surface area (Å²) in [6.07, 6.45) is 1.70. The molecule has 7 heteroatoms. The van der Waals surface area contributed by atoms with Crippen molar-refractivity contribution in [2.45, 2.75) is 6.42 Å². The summed E-state index contributed by atoms with van der Waals surface area (Å²) in [6.45, 7) is 0.464. The van der Waals surface area contributed by atoms with Crippen LogP contribution in [-0.2, 0) is 4.79 Å². The van der Waals surface area contributed by atoms with E-state index in [1.807, 2.05) is 0 Å². The first-order chi connectivity index (χ1) is 8.52. The summed E-state index contributed by atoms with van der Waals surface area (Å²) in [5.74, 6) is -0.513. The van der Waals surface area contributed by atoms with Gasteiger partial charge in [0, 0.05) is 13.0 Å². The third-order valence-electron chi connectivity index (χ3n) is 2.83. The Kier molecular flexibility index (Phi) is 3.77. The second-order valence-corrected chi connectivity index (χ2v) is 4.84. The Bertz CT molecular complexity index is 509. The molecule has 1 N–H and O–H groups in total. The minimum Gasteiger partial charge on any atom is -0.478 e. The van der Waals surface area contributed by atoms with Gasteiger partial charge in [-0.05, 0) is 17.7 Å². The van der Waals surface area contributed by atoms with Gasteiger partial charge in [-0.25, -0.2) is 9.78 Å². The van der Waals surface area contributed by atoms with E-state index in [2.05, 4.69) is 17.6 Å². The van der Waals surface area contributed by atoms with Gasteiger partial charge in [-0.2, -0.15) is 12.6 Å². The van der Waals surface area contributed by atoms with E-state index in [9.17, 15) is 9.59 Å². The van der Waals surface area contributed by atoms with Crippen LogP contribution in [-0.4, -0.2) is 34.3 Å². The molecule has 0 bridgehead atoms. The van der Waals surface area contributed by atoms with Gasteiger partial charge in [0.15, 0.2) is 0 Å². The minimum atomic E-state index is -1.13. The predicted octanol–water partition coefficient (Wildman–Crippen LogP) is 1.72. The van der Waals surface area contributed by atoms with Gasteiger partial charge < -0.3 is 10.0 Å². The van der Waals surface area contributed by atoms with Crippen molar-refractivity contribution >= 4 is 41.8 Å². The molecule has 0 aliphatic carbocycles. The molecule has 2 heterocycles. The molecule has 0 aromatic carbocycles. The topological polar surface area (TPSA) is 70.5 Å². The SMILES string of the molecule is O=C(O)c1cc(Cl)ncc1N1CC(CS)CC1=O. The predicted molar refractivity (Wildman–Crippen MR) is 70.5 cm³/mol. The first-order valence-corrected chi connectivity index (χ1v) is 6.34. The summed E-state index contributed by atoms with van der Waals surface area (Å²) in [5.41, 5.74) is 0.282. The summed E-state index contributed by atoms with van der Waals surface area (Å²) >= 11 is 9.83. The monoisotopic (exact) mass is 286 g/mol. The van der Waals surface area contributed by atoms with E-state index in [4.69, 9.17) is 16.7 Å².